The molecule has 0 bridgehead atoms. The van der Waals surface area contributed by atoms with Gasteiger partial charge in [-0.15, -0.1) is 0 Å². The smallest absolute Gasteiger partial charge is 0.126 e. The molecule has 1 aromatic heterocycles. The summed E-state index contributed by atoms with van der Waals surface area (Å²) in [5, 5.41) is 10.2. The van der Waals surface area contributed by atoms with Crippen LogP contribution in [0.5, 0.6) is 5.75 Å². The normalized spacial score (nSPS) is 12.1. The Morgan fingerprint density at radius 3 is 2.65 bits per heavy atom. The summed E-state index contributed by atoms with van der Waals surface area (Å²) < 4.78 is 5.52. The summed E-state index contributed by atoms with van der Waals surface area (Å²) in [5.74, 6) is 1.29. The van der Waals surface area contributed by atoms with Gasteiger partial charge in [0.1, 0.15) is 11.6 Å². The molecule has 0 aliphatic heterocycles. The molecule has 0 saturated heterocycles. The number of ether oxygens (including phenoxy) is 1. The van der Waals surface area contributed by atoms with Crippen LogP contribution in [0.25, 0.3) is 0 Å². The van der Waals surface area contributed by atoms with Crippen molar-refractivity contribution in [2.24, 2.45) is 0 Å². The second-order valence-electron chi connectivity index (χ2n) is 4.69. The van der Waals surface area contributed by atoms with Crippen LogP contribution in [0.3, 0.4) is 0 Å². The van der Waals surface area contributed by atoms with E-state index >= 15 is 0 Å². The van der Waals surface area contributed by atoms with Crippen LogP contribution >= 0.6 is 0 Å². The third-order valence-electron chi connectivity index (χ3n) is 3.08. The summed E-state index contributed by atoms with van der Waals surface area (Å²) in [7, 11) is 0. The fourth-order valence-electron chi connectivity index (χ4n) is 1.96. The number of aliphatic hydroxyl groups excluding tert-OH is 1. The number of aliphatic hydroxyl groups is 1. The van der Waals surface area contributed by atoms with Crippen LogP contribution in [0, 0.1) is 0 Å². The van der Waals surface area contributed by atoms with E-state index in [-0.39, 0.29) is 0 Å². The molecule has 4 heteroatoms. The molecular formula is C16H20N2O2. The molecule has 0 amide bonds. The third-order valence-corrected chi connectivity index (χ3v) is 3.08. The summed E-state index contributed by atoms with van der Waals surface area (Å²) in [4.78, 5) is 4.02. The number of rotatable bonds is 6. The van der Waals surface area contributed by atoms with Gasteiger partial charge in [-0.3, -0.25) is 0 Å². The van der Waals surface area contributed by atoms with Crippen LogP contribution in [0.4, 0.5) is 5.82 Å². The molecule has 0 fully saturated rings. The largest absolute Gasteiger partial charge is 0.494 e. The lowest BCUT2D eigenvalue weighted by molar-refractivity contribution is 0.178. The van der Waals surface area contributed by atoms with Crippen molar-refractivity contribution in [2.45, 2.75) is 25.9 Å². The highest BCUT2D eigenvalue weighted by molar-refractivity contribution is 5.39. The van der Waals surface area contributed by atoms with Crippen molar-refractivity contribution in [3.8, 4) is 5.75 Å². The van der Waals surface area contributed by atoms with Gasteiger partial charge in [-0.1, -0.05) is 25.1 Å². The van der Waals surface area contributed by atoms with E-state index < -0.39 is 6.10 Å². The minimum atomic E-state index is -0.596. The van der Waals surface area contributed by atoms with Gasteiger partial charge in [-0.2, -0.15) is 0 Å². The van der Waals surface area contributed by atoms with Gasteiger partial charge in [0.25, 0.3) is 0 Å². The Morgan fingerprint density at radius 1 is 1.25 bits per heavy atom. The predicted molar refractivity (Wildman–Crippen MR) is 79.5 cm³/mol. The molecule has 2 aromatic rings. The van der Waals surface area contributed by atoms with E-state index in [9.17, 15) is 5.11 Å². The molecule has 3 N–H and O–H groups in total. The van der Waals surface area contributed by atoms with Crippen LogP contribution in [0.15, 0.2) is 42.6 Å². The zero-order chi connectivity index (χ0) is 14.4. The highest BCUT2D eigenvalue weighted by Gasteiger charge is 2.11. The lowest BCUT2D eigenvalue weighted by Gasteiger charge is -2.13. The zero-order valence-electron chi connectivity index (χ0n) is 11.6. The maximum atomic E-state index is 10.2. The topological polar surface area (TPSA) is 68.4 Å². The number of hydrogen-bond donors (Lipinski definition) is 2. The molecule has 1 unspecified atom stereocenters. The molecule has 2 rings (SSSR count). The van der Waals surface area contributed by atoms with Crippen molar-refractivity contribution in [3.63, 3.8) is 0 Å². The van der Waals surface area contributed by atoms with Crippen LogP contribution in [0.1, 0.15) is 30.6 Å². The summed E-state index contributed by atoms with van der Waals surface area (Å²) in [6.45, 7) is 2.77. The molecule has 106 valence electrons. The van der Waals surface area contributed by atoms with Crippen molar-refractivity contribution in [2.75, 3.05) is 12.3 Å². The Morgan fingerprint density at radius 2 is 2.00 bits per heavy atom. The SMILES string of the molecule is CCCOc1ccc(C(O)Cc2cccnc2N)cc1. The van der Waals surface area contributed by atoms with Gasteiger partial charge < -0.3 is 15.6 Å². The van der Waals surface area contributed by atoms with Gasteiger partial charge in [-0.05, 0) is 35.7 Å². The second-order valence-corrected chi connectivity index (χ2v) is 4.69. The van der Waals surface area contributed by atoms with Crippen molar-refractivity contribution in [3.05, 3.63) is 53.7 Å². The van der Waals surface area contributed by atoms with Gasteiger partial charge in [-0.25, -0.2) is 4.98 Å². The van der Waals surface area contributed by atoms with E-state index in [0.717, 1.165) is 23.3 Å². The number of aromatic nitrogens is 1. The number of pyridine rings is 1. The van der Waals surface area contributed by atoms with Crippen molar-refractivity contribution >= 4 is 5.82 Å². The number of anilines is 1. The summed E-state index contributed by atoms with van der Waals surface area (Å²) in [6, 6.07) is 11.2. The summed E-state index contributed by atoms with van der Waals surface area (Å²) in [5.41, 5.74) is 7.48. The highest BCUT2D eigenvalue weighted by atomic mass is 16.5. The fourth-order valence-corrected chi connectivity index (χ4v) is 1.96. The van der Waals surface area contributed by atoms with E-state index in [1.165, 1.54) is 0 Å². The Bertz CT molecular complexity index is 540. The number of nitrogen functional groups attached to an aromatic ring is 1. The highest BCUT2D eigenvalue weighted by Crippen LogP contribution is 2.22. The first kappa shape index (κ1) is 14.3. The minimum Gasteiger partial charge on any atom is -0.494 e. The molecule has 0 aliphatic carbocycles. The molecule has 20 heavy (non-hydrogen) atoms. The van der Waals surface area contributed by atoms with Crippen LogP contribution in [0.2, 0.25) is 0 Å². The molecule has 1 heterocycles. The molecule has 1 aromatic carbocycles. The average Bonchev–Trinajstić information content (AvgIpc) is 2.48. The second kappa shape index (κ2) is 6.91. The Hall–Kier alpha value is -2.07. The average molecular weight is 272 g/mol. The number of hydrogen-bond acceptors (Lipinski definition) is 4. The molecule has 4 nitrogen and oxygen atoms in total. The molecule has 0 spiro atoms. The zero-order valence-corrected chi connectivity index (χ0v) is 11.6. The lowest BCUT2D eigenvalue weighted by atomic mass is 10.0. The lowest BCUT2D eigenvalue weighted by Crippen LogP contribution is -2.05. The molecule has 0 radical (unpaired) electrons. The summed E-state index contributed by atoms with van der Waals surface area (Å²) in [6.07, 6.45) is 2.48. The fraction of sp³-hybridized carbons (Fsp3) is 0.312. The molecule has 0 saturated carbocycles. The van der Waals surface area contributed by atoms with E-state index in [0.29, 0.717) is 18.8 Å². The van der Waals surface area contributed by atoms with Gasteiger partial charge in [0.15, 0.2) is 0 Å². The first-order chi connectivity index (χ1) is 9.70. The molecule has 0 aliphatic rings. The Kier molecular flexibility index (Phi) is 4.96. The third kappa shape index (κ3) is 3.71. The van der Waals surface area contributed by atoms with E-state index in [4.69, 9.17) is 10.5 Å². The monoisotopic (exact) mass is 272 g/mol. The quantitative estimate of drug-likeness (QED) is 0.848. The summed E-state index contributed by atoms with van der Waals surface area (Å²) >= 11 is 0. The van der Waals surface area contributed by atoms with E-state index in [1.54, 1.807) is 6.20 Å². The standard InChI is InChI=1S/C16H20N2O2/c1-2-10-20-14-7-5-12(6-8-14)15(19)11-13-4-3-9-18-16(13)17/h3-9,15,19H,2,10-11H2,1H3,(H2,17,18). The molecular weight excluding hydrogens is 252 g/mol. The molecule has 1 atom stereocenters. The number of nitrogens with zero attached hydrogens (tertiary/aromatic N) is 1. The first-order valence-electron chi connectivity index (χ1n) is 6.81. The maximum absolute atomic E-state index is 10.2. The number of benzene rings is 1. The number of nitrogens with two attached hydrogens (primary N) is 1. The van der Waals surface area contributed by atoms with Gasteiger partial charge in [0.05, 0.1) is 12.7 Å². The van der Waals surface area contributed by atoms with Gasteiger partial charge in [0, 0.05) is 12.6 Å². The Balaban J connectivity index is 2.02. The van der Waals surface area contributed by atoms with Crippen molar-refractivity contribution < 1.29 is 9.84 Å². The van der Waals surface area contributed by atoms with E-state index in [1.807, 2.05) is 36.4 Å². The minimum absolute atomic E-state index is 0.453. The predicted octanol–water partition coefficient (Wildman–Crippen LogP) is 2.73. The Labute approximate surface area is 119 Å². The van der Waals surface area contributed by atoms with Crippen molar-refractivity contribution in [1.82, 2.24) is 4.98 Å². The van der Waals surface area contributed by atoms with Gasteiger partial charge in [0.2, 0.25) is 0 Å². The van der Waals surface area contributed by atoms with Crippen LogP contribution in [-0.4, -0.2) is 16.7 Å². The maximum Gasteiger partial charge on any atom is 0.126 e. The first-order valence-corrected chi connectivity index (χ1v) is 6.81. The van der Waals surface area contributed by atoms with E-state index in [2.05, 4.69) is 11.9 Å². The van der Waals surface area contributed by atoms with Crippen molar-refractivity contribution in [1.29, 1.82) is 0 Å². The van der Waals surface area contributed by atoms with Crippen LogP contribution in [-0.2, 0) is 6.42 Å². The van der Waals surface area contributed by atoms with Crippen LogP contribution < -0.4 is 10.5 Å². The van der Waals surface area contributed by atoms with Gasteiger partial charge >= 0.3 is 0 Å².